The van der Waals surface area contributed by atoms with E-state index in [1.165, 1.54) is 5.01 Å². The molecule has 4 nitrogen and oxygen atoms in total. The van der Waals surface area contributed by atoms with Crippen LogP contribution in [-0.4, -0.2) is 18.1 Å². The number of nitriles is 1. The summed E-state index contributed by atoms with van der Waals surface area (Å²) < 4.78 is 0. The fourth-order valence-electron chi connectivity index (χ4n) is 0.604. The van der Waals surface area contributed by atoms with Crippen LogP contribution in [0.4, 0.5) is 0 Å². The van der Waals surface area contributed by atoms with Crippen LogP contribution in [0.2, 0.25) is 0 Å². The van der Waals surface area contributed by atoms with Crippen molar-refractivity contribution in [1.82, 2.24) is 5.01 Å². The molecule has 1 aliphatic heterocycles. The summed E-state index contributed by atoms with van der Waals surface area (Å²) in [7, 11) is 0. The van der Waals surface area contributed by atoms with E-state index < -0.39 is 0 Å². The zero-order valence-corrected chi connectivity index (χ0v) is 4.24. The van der Waals surface area contributed by atoms with Crippen molar-refractivity contribution in [2.75, 3.05) is 13.1 Å². The van der Waals surface area contributed by atoms with E-state index in [1.807, 2.05) is 6.07 Å². The minimum absolute atomic E-state index is 0.0349. The first-order valence-electron chi connectivity index (χ1n) is 2.34. The molecule has 0 radical (unpaired) electrons. The first-order chi connectivity index (χ1) is 3.86. The molecule has 0 spiro atoms. The molecule has 1 heterocycles. The van der Waals surface area contributed by atoms with E-state index in [0.29, 0.717) is 13.1 Å². The van der Waals surface area contributed by atoms with Gasteiger partial charge in [-0.15, -0.1) is 4.91 Å². The summed E-state index contributed by atoms with van der Waals surface area (Å²) in [5.41, 5.74) is 0. The van der Waals surface area contributed by atoms with Gasteiger partial charge in [-0.1, -0.05) is 0 Å². The number of hydrogen-bond acceptors (Lipinski definition) is 3. The Labute approximate surface area is 46.6 Å². The second-order valence-electron chi connectivity index (χ2n) is 1.78. The van der Waals surface area contributed by atoms with Crippen LogP contribution in [0.5, 0.6) is 0 Å². The minimum Gasteiger partial charge on any atom is -0.258 e. The van der Waals surface area contributed by atoms with E-state index in [9.17, 15) is 4.91 Å². The van der Waals surface area contributed by atoms with Crippen molar-refractivity contribution in [3.8, 4) is 6.07 Å². The third kappa shape index (κ3) is 0.624. The van der Waals surface area contributed by atoms with Crippen LogP contribution >= 0.6 is 0 Å². The van der Waals surface area contributed by atoms with Crippen LogP contribution in [0.3, 0.4) is 0 Å². The van der Waals surface area contributed by atoms with Gasteiger partial charge in [0, 0.05) is 0 Å². The molecule has 1 rings (SSSR count). The van der Waals surface area contributed by atoms with Crippen LogP contribution in [0.25, 0.3) is 0 Å². The molecule has 0 aromatic heterocycles. The molecule has 0 saturated carbocycles. The van der Waals surface area contributed by atoms with Crippen LogP contribution < -0.4 is 0 Å². The topological polar surface area (TPSA) is 56.5 Å². The Morgan fingerprint density at radius 1 is 1.75 bits per heavy atom. The fraction of sp³-hybridized carbons (Fsp3) is 0.750. The highest BCUT2D eigenvalue weighted by Crippen LogP contribution is 2.12. The average molecular weight is 111 g/mol. The van der Waals surface area contributed by atoms with Gasteiger partial charge in [0.2, 0.25) is 0 Å². The van der Waals surface area contributed by atoms with E-state index in [2.05, 4.69) is 5.29 Å². The van der Waals surface area contributed by atoms with Gasteiger partial charge < -0.3 is 0 Å². The number of hydrogen-bond donors (Lipinski definition) is 0. The molecule has 1 fully saturated rings. The lowest BCUT2D eigenvalue weighted by molar-refractivity contribution is 0.139. The van der Waals surface area contributed by atoms with Gasteiger partial charge >= 0.3 is 0 Å². The summed E-state index contributed by atoms with van der Waals surface area (Å²) in [5, 5.41) is 12.1. The van der Waals surface area contributed by atoms with Gasteiger partial charge in [-0.3, -0.25) is 5.01 Å². The van der Waals surface area contributed by atoms with Crippen molar-refractivity contribution in [2.45, 2.75) is 0 Å². The highest BCUT2D eigenvalue weighted by molar-refractivity contribution is 4.93. The molecule has 0 atom stereocenters. The molecule has 0 aromatic carbocycles. The van der Waals surface area contributed by atoms with E-state index in [4.69, 9.17) is 5.26 Å². The van der Waals surface area contributed by atoms with E-state index in [-0.39, 0.29) is 5.92 Å². The van der Waals surface area contributed by atoms with Crippen molar-refractivity contribution in [2.24, 2.45) is 11.2 Å². The molecule has 0 bridgehead atoms. The summed E-state index contributed by atoms with van der Waals surface area (Å²) in [4.78, 5) is 9.62. The van der Waals surface area contributed by atoms with Gasteiger partial charge in [-0.2, -0.15) is 5.26 Å². The fourth-order valence-corrected chi connectivity index (χ4v) is 0.604. The molecule has 0 unspecified atom stereocenters. The van der Waals surface area contributed by atoms with Gasteiger partial charge in [0.25, 0.3) is 0 Å². The summed E-state index contributed by atoms with van der Waals surface area (Å²) in [6.45, 7) is 1.03. The second kappa shape index (κ2) is 1.78. The van der Waals surface area contributed by atoms with Crippen LogP contribution in [0.15, 0.2) is 5.29 Å². The minimum atomic E-state index is 0.0349. The largest absolute Gasteiger partial charge is 0.258 e. The molecule has 1 saturated heterocycles. The van der Waals surface area contributed by atoms with Crippen molar-refractivity contribution >= 4 is 0 Å². The number of nitrogens with zero attached hydrogens (tertiary/aromatic N) is 3. The summed E-state index contributed by atoms with van der Waals surface area (Å²) in [6.07, 6.45) is 0. The Morgan fingerprint density at radius 2 is 2.38 bits per heavy atom. The quantitative estimate of drug-likeness (QED) is 0.451. The first-order valence-corrected chi connectivity index (χ1v) is 2.34. The Morgan fingerprint density at radius 3 is 2.75 bits per heavy atom. The third-order valence-electron chi connectivity index (χ3n) is 1.16. The summed E-state index contributed by atoms with van der Waals surface area (Å²) in [6, 6.07) is 2.03. The lowest BCUT2D eigenvalue weighted by atomic mass is 10.1. The van der Waals surface area contributed by atoms with Crippen molar-refractivity contribution in [3.05, 3.63) is 4.91 Å². The second-order valence-corrected chi connectivity index (χ2v) is 1.78. The molecule has 42 valence electrons. The van der Waals surface area contributed by atoms with Crippen molar-refractivity contribution in [3.63, 3.8) is 0 Å². The van der Waals surface area contributed by atoms with Gasteiger partial charge in [0.05, 0.1) is 30.4 Å². The van der Waals surface area contributed by atoms with Gasteiger partial charge in [0.15, 0.2) is 0 Å². The van der Waals surface area contributed by atoms with Gasteiger partial charge in [-0.25, -0.2) is 0 Å². The smallest absolute Gasteiger partial charge is 0.0849 e. The van der Waals surface area contributed by atoms with Crippen LogP contribution in [-0.2, 0) is 0 Å². The SMILES string of the molecule is N#CC1CN(N=O)C1. The van der Waals surface area contributed by atoms with Crippen LogP contribution in [0, 0.1) is 22.2 Å². The molecule has 4 heteroatoms. The number of nitroso groups, excluding NO2 is 1. The van der Waals surface area contributed by atoms with E-state index >= 15 is 0 Å². The average Bonchev–Trinajstić information content (AvgIpc) is 1.65. The summed E-state index contributed by atoms with van der Waals surface area (Å²) >= 11 is 0. The maximum Gasteiger partial charge on any atom is 0.0849 e. The summed E-state index contributed by atoms with van der Waals surface area (Å²) in [5.74, 6) is 0.0349. The monoisotopic (exact) mass is 111 g/mol. The lowest BCUT2D eigenvalue weighted by Crippen LogP contribution is -2.41. The van der Waals surface area contributed by atoms with E-state index in [0.717, 1.165) is 0 Å². The molecule has 0 N–H and O–H groups in total. The van der Waals surface area contributed by atoms with Gasteiger partial charge in [-0.05, 0) is 0 Å². The standard InChI is InChI=1S/C4H5N3O/c5-1-4-2-7(3-4)6-8/h4H,2-3H2. The maximum atomic E-state index is 9.62. The Bertz CT molecular complexity index is 133. The normalized spacial score (nSPS) is 19.1. The zero-order chi connectivity index (χ0) is 5.98. The van der Waals surface area contributed by atoms with E-state index in [1.54, 1.807) is 0 Å². The number of rotatable bonds is 1. The Balaban J connectivity index is 2.23. The zero-order valence-electron chi connectivity index (χ0n) is 4.24. The molecule has 1 aliphatic rings. The predicted molar refractivity (Wildman–Crippen MR) is 26.5 cm³/mol. The highest BCUT2D eigenvalue weighted by atomic mass is 16.3. The molecular formula is C4H5N3O. The lowest BCUT2D eigenvalue weighted by Gasteiger charge is -2.28. The Hall–Kier alpha value is -1.11. The predicted octanol–water partition coefficient (Wildman–Crippen LogP) is 0.123. The molecule has 8 heavy (non-hydrogen) atoms. The van der Waals surface area contributed by atoms with Crippen molar-refractivity contribution < 1.29 is 0 Å². The Kier molecular flexibility index (Phi) is 1.12. The maximum absolute atomic E-state index is 9.62. The molecule has 0 amide bonds. The van der Waals surface area contributed by atoms with Crippen LogP contribution in [0.1, 0.15) is 0 Å². The van der Waals surface area contributed by atoms with Crippen molar-refractivity contribution in [1.29, 1.82) is 5.26 Å². The third-order valence-corrected chi connectivity index (χ3v) is 1.16. The molecule has 0 aromatic rings. The molecule has 0 aliphatic carbocycles. The van der Waals surface area contributed by atoms with Gasteiger partial charge in [0.1, 0.15) is 0 Å². The molecular weight excluding hydrogens is 106 g/mol. The first kappa shape index (κ1) is 5.04. The highest BCUT2D eigenvalue weighted by Gasteiger charge is 2.25.